The predicted molar refractivity (Wildman–Crippen MR) is 75.9 cm³/mol. The minimum atomic E-state index is -0.978. The van der Waals surface area contributed by atoms with E-state index in [-0.39, 0.29) is 5.56 Å². The Hall–Kier alpha value is -1.29. The van der Waals surface area contributed by atoms with Gasteiger partial charge >= 0.3 is 5.97 Å². The summed E-state index contributed by atoms with van der Waals surface area (Å²) in [6.45, 7) is 2.22. The fraction of sp³-hybridized carbons (Fsp3) is 0.571. The number of carboxylic acid groups (broad SMARTS) is 1. The van der Waals surface area contributed by atoms with Gasteiger partial charge in [0.15, 0.2) is 0 Å². The molecule has 1 saturated carbocycles. The summed E-state index contributed by atoms with van der Waals surface area (Å²) in [6, 6.07) is 3.30. The van der Waals surface area contributed by atoms with Crippen LogP contribution in [0.2, 0.25) is 5.15 Å². The van der Waals surface area contributed by atoms with E-state index in [0.29, 0.717) is 17.0 Å². The molecule has 5 heteroatoms. The summed E-state index contributed by atoms with van der Waals surface area (Å²) in [5.41, 5.74) is 0.182. The lowest BCUT2D eigenvalue weighted by Crippen LogP contribution is -2.27. The van der Waals surface area contributed by atoms with Gasteiger partial charge in [-0.25, -0.2) is 9.78 Å². The van der Waals surface area contributed by atoms with Crippen LogP contribution in [-0.2, 0) is 0 Å². The summed E-state index contributed by atoms with van der Waals surface area (Å²) >= 11 is 5.84. The first-order valence-corrected chi connectivity index (χ1v) is 7.14. The molecule has 1 aromatic rings. The standard InChI is InChI=1S/C14H19ClN2O2/c1-2-9-3-5-10(6-4-9)16-13-11(14(18)19)7-8-12(15)17-13/h7-10H,2-6H2,1H3,(H,16,17)(H,18,19). The molecule has 0 aromatic carbocycles. The van der Waals surface area contributed by atoms with E-state index in [4.69, 9.17) is 16.7 Å². The van der Waals surface area contributed by atoms with Crippen molar-refractivity contribution in [1.82, 2.24) is 4.98 Å². The molecule has 0 unspecified atom stereocenters. The van der Waals surface area contributed by atoms with Crippen molar-refractivity contribution in [2.45, 2.75) is 45.1 Å². The predicted octanol–water partition coefficient (Wildman–Crippen LogP) is 3.81. The molecule has 0 saturated heterocycles. The first-order valence-electron chi connectivity index (χ1n) is 6.76. The van der Waals surface area contributed by atoms with Gasteiger partial charge in [-0.05, 0) is 43.7 Å². The van der Waals surface area contributed by atoms with Crippen LogP contribution in [-0.4, -0.2) is 22.1 Å². The molecule has 0 amide bonds. The molecule has 1 fully saturated rings. The summed E-state index contributed by atoms with van der Waals surface area (Å²) in [6.07, 6.45) is 5.73. The van der Waals surface area contributed by atoms with Crippen molar-refractivity contribution in [3.63, 3.8) is 0 Å². The van der Waals surface area contributed by atoms with Gasteiger partial charge in [0.25, 0.3) is 0 Å². The molecule has 2 rings (SSSR count). The minimum Gasteiger partial charge on any atom is -0.478 e. The van der Waals surface area contributed by atoms with Gasteiger partial charge in [0.05, 0.1) is 0 Å². The van der Waals surface area contributed by atoms with Crippen molar-refractivity contribution in [2.24, 2.45) is 5.92 Å². The molecule has 0 atom stereocenters. The van der Waals surface area contributed by atoms with Gasteiger partial charge < -0.3 is 10.4 Å². The number of carboxylic acids is 1. The highest BCUT2D eigenvalue weighted by molar-refractivity contribution is 6.29. The van der Waals surface area contributed by atoms with E-state index in [9.17, 15) is 4.79 Å². The summed E-state index contributed by atoms with van der Waals surface area (Å²) in [5.74, 6) is 0.221. The number of halogens is 1. The summed E-state index contributed by atoms with van der Waals surface area (Å²) in [5, 5.41) is 12.7. The van der Waals surface area contributed by atoms with Crippen LogP contribution < -0.4 is 5.32 Å². The number of rotatable bonds is 4. The Morgan fingerprint density at radius 2 is 2.11 bits per heavy atom. The molecule has 19 heavy (non-hydrogen) atoms. The number of aromatic carboxylic acids is 1. The van der Waals surface area contributed by atoms with Gasteiger partial charge in [0.2, 0.25) is 0 Å². The third-order valence-corrected chi connectivity index (χ3v) is 4.07. The highest BCUT2D eigenvalue weighted by atomic mass is 35.5. The normalized spacial score (nSPS) is 23.1. The zero-order valence-electron chi connectivity index (χ0n) is 11.0. The number of hydrogen-bond acceptors (Lipinski definition) is 3. The van der Waals surface area contributed by atoms with Crippen molar-refractivity contribution in [3.8, 4) is 0 Å². The average Bonchev–Trinajstić information content (AvgIpc) is 2.39. The molecular weight excluding hydrogens is 264 g/mol. The summed E-state index contributed by atoms with van der Waals surface area (Å²) in [4.78, 5) is 15.3. The van der Waals surface area contributed by atoms with E-state index < -0.39 is 5.97 Å². The highest BCUT2D eigenvalue weighted by Gasteiger charge is 2.22. The van der Waals surface area contributed by atoms with E-state index in [2.05, 4.69) is 17.2 Å². The van der Waals surface area contributed by atoms with E-state index in [1.807, 2.05) is 0 Å². The monoisotopic (exact) mass is 282 g/mol. The lowest BCUT2D eigenvalue weighted by Gasteiger charge is -2.29. The molecule has 1 heterocycles. The van der Waals surface area contributed by atoms with Crippen LogP contribution >= 0.6 is 11.6 Å². The van der Waals surface area contributed by atoms with E-state index in [1.54, 1.807) is 0 Å². The molecule has 0 radical (unpaired) electrons. The van der Waals surface area contributed by atoms with Crippen LogP contribution in [0.3, 0.4) is 0 Å². The molecule has 1 aliphatic rings. The van der Waals surface area contributed by atoms with Gasteiger partial charge in [0.1, 0.15) is 16.5 Å². The Balaban J connectivity index is 2.06. The van der Waals surface area contributed by atoms with Crippen LogP contribution in [0, 0.1) is 5.92 Å². The van der Waals surface area contributed by atoms with Gasteiger partial charge in [-0.2, -0.15) is 0 Å². The quantitative estimate of drug-likeness (QED) is 0.824. The zero-order valence-corrected chi connectivity index (χ0v) is 11.8. The maximum absolute atomic E-state index is 11.2. The third kappa shape index (κ3) is 3.60. The Bertz CT molecular complexity index is 457. The third-order valence-electron chi connectivity index (χ3n) is 3.86. The molecule has 1 aromatic heterocycles. The molecule has 1 aliphatic carbocycles. The maximum atomic E-state index is 11.2. The lowest BCUT2D eigenvalue weighted by atomic mass is 9.84. The lowest BCUT2D eigenvalue weighted by molar-refractivity contribution is 0.0697. The molecule has 2 N–H and O–H groups in total. The number of pyridine rings is 1. The largest absolute Gasteiger partial charge is 0.478 e. The van der Waals surface area contributed by atoms with Gasteiger partial charge in [-0.3, -0.25) is 0 Å². The first kappa shape index (κ1) is 14.1. The van der Waals surface area contributed by atoms with Gasteiger partial charge in [0, 0.05) is 6.04 Å². The Morgan fingerprint density at radius 3 is 2.68 bits per heavy atom. The number of hydrogen-bond donors (Lipinski definition) is 2. The van der Waals surface area contributed by atoms with Crippen LogP contribution in [0.25, 0.3) is 0 Å². The SMILES string of the molecule is CCC1CCC(Nc2nc(Cl)ccc2C(=O)O)CC1. The van der Waals surface area contributed by atoms with Crippen molar-refractivity contribution >= 4 is 23.4 Å². The smallest absolute Gasteiger partial charge is 0.339 e. The topological polar surface area (TPSA) is 62.2 Å². The van der Waals surface area contributed by atoms with Crippen LogP contribution in [0.15, 0.2) is 12.1 Å². The van der Waals surface area contributed by atoms with Crippen molar-refractivity contribution < 1.29 is 9.90 Å². The maximum Gasteiger partial charge on any atom is 0.339 e. The number of aromatic nitrogens is 1. The molecule has 4 nitrogen and oxygen atoms in total. The van der Waals surface area contributed by atoms with E-state index in [1.165, 1.54) is 31.4 Å². The fourth-order valence-electron chi connectivity index (χ4n) is 2.63. The second-order valence-corrected chi connectivity index (χ2v) is 5.49. The zero-order chi connectivity index (χ0) is 13.8. The summed E-state index contributed by atoms with van der Waals surface area (Å²) in [7, 11) is 0. The van der Waals surface area contributed by atoms with Gasteiger partial charge in [-0.15, -0.1) is 0 Å². The summed E-state index contributed by atoms with van der Waals surface area (Å²) < 4.78 is 0. The van der Waals surface area contributed by atoms with Crippen molar-refractivity contribution in [3.05, 3.63) is 22.8 Å². The Morgan fingerprint density at radius 1 is 1.42 bits per heavy atom. The van der Waals surface area contributed by atoms with Crippen LogP contribution in [0.5, 0.6) is 0 Å². The number of anilines is 1. The molecule has 104 valence electrons. The van der Waals surface area contributed by atoms with E-state index >= 15 is 0 Å². The van der Waals surface area contributed by atoms with Crippen LogP contribution in [0.1, 0.15) is 49.4 Å². The second-order valence-electron chi connectivity index (χ2n) is 5.11. The second kappa shape index (κ2) is 6.24. The first-order chi connectivity index (χ1) is 9.10. The fourth-order valence-corrected chi connectivity index (χ4v) is 2.77. The number of nitrogens with one attached hydrogen (secondary N) is 1. The Kier molecular flexibility index (Phi) is 4.64. The number of nitrogens with zero attached hydrogens (tertiary/aromatic N) is 1. The average molecular weight is 283 g/mol. The molecule has 0 aliphatic heterocycles. The molecule has 0 bridgehead atoms. The highest BCUT2D eigenvalue weighted by Crippen LogP contribution is 2.29. The van der Waals surface area contributed by atoms with E-state index in [0.717, 1.165) is 18.8 Å². The number of carbonyl (C=O) groups is 1. The van der Waals surface area contributed by atoms with Crippen molar-refractivity contribution in [2.75, 3.05) is 5.32 Å². The van der Waals surface area contributed by atoms with Crippen LogP contribution in [0.4, 0.5) is 5.82 Å². The Labute approximate surface area is 118 Å². The van der Waals surface area contributed by atoms with Gasteiger partial charge in [-0.1, -0.05) is 24.9 Å². The molecular formula is C14H19ClN2O2. The molecule has 0 spiro atoms. The minimum absolute atomic E-state index is 0.182. The van der Waals surface area contributed by atoms with Crippen molar-refractivity contribution in [1.29, 1.82) is 0 Å².